The van der Waals surface area contributed by atoms with Crippen LogP contribution in [0, 0.1) is 10.1 Å². The molecule has 0 radical (unpaired) electrons. The van der Waals surface area contributed by atoms with E-state index in [-0.39, 0.29) is 11.2 Å². The van der Waals surface area contributed by atoms with E-state index in [0.29, 0.717) is 29.2 Å². The van der Waals surface area contributed by atoms with Crippen LogP contribution in [0.15, 0.2) is 41.3 Å². The Morgan fingerprint density at radius 3 is 2.60 bits per heavy atom. The van der Waals surface area contributed by atoms with Crippen molar-refractivity contribution in [2.45, 2.75) is 13.3 Å². The third-order valence-corrected chi connectivity index (χ3v) is 3.80. The summed E-state index contributed by atoms with van der Waals surface area (Å²) in [6.45, 7) is 1.92. The molecule has 4 aromatic rings. The van der Waals surface area contributed by atoms with Gasteiger partial charge in [-0.25, -0.2) is 0 Å². The van der Waals surface area contributed by atoms with Gasteiger partial charge in [-0.3, -0.25) is 19.5 Å². The van der Waals surface area contributed by atoms with E-state index < -0.39 is 10.5 Å². The molecule has 0 spiro atoms. The second-order valence-electron chi connectivity index (χ2n) is 5.29. The van der Waals surface area contributed by atoms with E-state index in [1.165, 1.54) is 33.3 Å². The zero-order chi connectivity index (χ0) is 17.6. The standard InChI is InChI=1S/C15H11N7O3/c1-2-12-16-15-18-17-13-11(21(15)19-12)7-8-20(14(13)23)9-3-5-10(6-4-9)22(24)25/h3-8H,2H2,1H3. The zero-order valence-corrected chi connectivity index (χ0v) is 13.0. The number of nitro benzene ring substituents is 1. The third kappa shape index (κ3) is 2.31. The molecule has 0 bridgehead atoms. The van der Waals surface area contributed by atoms with Crippen LogP contribution in [-0.2, 0) is 6.42 Å². The number of rotatable bonds is 3. The van der Waals surface area contributed by atoms with Crippen molar-refractivity contribution in [3.8, 4) is 5.69 Å². The molecule has 3 aromatic heterocycles. The highest BCUT2D eigenvalue weighted by molar-refractivity contribution is 5.74. The molecular formula is C15H11N7O3. The van der Waals surface area contributed by atoms with E-state index in [0.717, 1.165) is 0 Å². The normalized spacial score (nSPS) is 11.2. The van der Waals surface area contributed by atoms with E-state index in [1.807, 2.05) is 6.92 Å². The monoisotopic (exact) mass is 337 g/mol. The van der Waals surface area contributed by atoms with E-state index in [1.54, 1.807) is 12.3 Å². The number of hydrogen-bond donors (Lipinski definition) is 0. The quantitative estimate of drug-likeness (QED) is 0.408. The number of aromatic nitrogens is 6. The molecule has 10 heteroatoms. The number of hydrogen-bond acceptors (Lipinski definition) is 7. The zero-order valence-electron chi connectivity index (χ0n) is 13.0. The van der Waals surface area contributed by atoms with Gasteiger partial charge in [-0.2, -0.15) is 9.50 Å². The van der Waals surface area contributed by atoms with E-state index in [9.17, 15) is 14.9 Å². The summed E-state index contributed by atoms with van der Waals surface area (Å²) in [6, 6.07) is 7.37. The number of nitro groups is 1. The van der Waals surface area contributed by atoms with Crippen molar-refractivity contribution >= 4 is 22.5 Å². The average Bonchev–Trinajstić information content (AvgIpc) is 3.06. The summed E-state index contributed by atoms with van der Waals surface area (Å²) >= 11 is 0. The van der Waals surface area contributed by atoms with Gasteiger partial charge in [0.25, 0.3) is 17.0 Å². The van der Waals surface area contributed by atoms with E-state index in [4.69, 9.17) is 0 Å². The van der Waals surface area contributed by atoms with Gasteiger partial charge in [0.05, 0.1) is 4.92 Å². The van der Waals surface area contributed by atoms with Crippen molar-refractivity contribution in [3.63, 3.8) is 0 Å². The number of non-ortho nitro benzene ring substituents is 1. The second-order valence-corrected chi connectivity index (χ2v) is 5.29. The number of nitrogens with zero attached hydrogens (tertiary/aromatic N) is 7. The van der Waals surface area contributed by atoms with Crippen molar-refractivity contribution in [2.24, 2.45) is 0 Å². The molecule has 0 aliphatic carbocycles. The largest absolute Gasteiger partial charge is 0.285 e. The number of benzene rings is 1. The van der Waals surface area contributed by atoms with Crippen LogP contribution in [0.25, 0.3) is 22.5 Å². The van der Waals surface area contributed by atoms with Gasteiger partial charge < -0.3 is 0 Å². The lowest BCUT2D eigenvalue weighted by Crippen LogP contribution is -2.20. The molecule has 0 amide bonds. The van der Waals surface area contributed by atoms with Crippen molar-refractivity contribution in [3.05, 3.63) is 62.8 Å². The highest BCUT2D eigenvalue weighted by Gasteiger charge is 2.13. The highest BCUT2D eigenvalue weighted by Crippen LogP contribution is 2.15. The maximum atomic E-state index is 12.7. The summed E-state index contributed by atoms with van der Waals surface area (Å²) < 4.78 is 2.84. The van der Waals surface area contributed by atoms with Gasteiger partial charge in [0.1, 0.15) is 5.52 Å². The number of pyridine rings is 1. The molecule has 4 rings (SSSR count). The summed E-state index contributed by atoms with van der Waals surface area (Å²) in [5, 5.41) is 23.0. The second kappa shape index (κ2) is 5.44. The van der Waals surface area contributed by atoms with Crippen LogP contribution in [0.1, 0.15) is 12.7 Å². The molecule has 1 aromatic carbocycles. The Hall–Kier alpha value is -3.69. The molecule has 3 heterocycles. The Bertz CT molecular complexity index is 1180. The molecule has 10 nitrogen and oxygen atoms in total. The lowest BCUT2D eigenvalue weighted by atomic mass is 10.2. The van der Waals surface area contributed by atoms with Gasteiger partial charge in [-0.15, -0.1) is 15.3 Å². The molecule has 124 valence electrons. The number of aryl methyl sites for hydroxylation is 1. The van der Waals surface area contributed by atoms with Crippen LogP contribution in [0.5, 0.6) is 0 Å². The molecule has 0 saturated carbocycles. The first kappa shape index (κ1) is 14.9. The van der Waals surface area contributed by atoms with Gasteiger partial charge in [-0.05, 0) is 18.2 Å². The summed E-state index contributed by atoms with van der Waals surface area (Å²) in [4.78, 5) is 27.2. The molecule has 0 N–H and O–H groups in total. The molecule has 0 aliphatic heterocycles. The molecule has 0 fully saturated rings. The van der Waals surface area contributed by atoms with Crippen LogP contribution in [0.4, 0.5) is 5.69 Å². The Morgan fingerprint density at radius 1 is 1.16 bits per heavy atom. The maximum Gasteiger partial charge on any atom is 0.285 e. The third-order valence-electron chi connectivity index (χ3n) is 3.80. The van der Waals surface area contributed by atoms with Gasteiger partial charge in [0.2, 0.25) is 0 Å². The smallest absolute Gasteiger partial charge is 0.282 e. The van der Waals surface area contributed by atoms with Crippen molar-refractivity contribution in [1.29, 1.82) is 0 Å². The molecule has 0 aliphatic rings. The Kier molecular flexibility index (Phi) is 3.24. The Morgan fingerprint density at radius 2 is 1.92 bits per heavy atom. The summed E-state index contributed by atoms with van der Waals surface area (Å²) in [7, 11) is 0. The lowest BCUT2D eigenvalue weighted by Gasteiger charge is -2.06. The van der Waals surface area contributed by atoms with Gasteiger partial charge >= 0.3 is 0 Å². The van der Waals surface area contributed by atoms with Crippen LogP contribution in [-0.4, -0.2) is 34.3 Å². The number of fused-ring (bicyclic) bond motifs is 3. The first-order valence-corrected chi connectivity index (χ1v) is 7.47. The summed E-state index contributed by atoms with van der Waals surface area (Å²) in [6.07, 6.45) is 2.21. The average molecular weight is 337 g/mol. The molecule has 0 atom stereocenters. The Labute approximate surface area is 139 Å². The topological polar surface area (TPSA) is 121 Å². The van der Waals surface area contributed by atoms with Crippen molar-refractivity contribution in [2.75, 3.05) is 0 Å². The van der Waals surface area contributed by atoms with Gasteiger partial charge in [-0.1, -0.05) is 6.92 Å². The van der Waals surface area contributed by atoms with Crippen LogP contribution in [0.3, 0.4) is 0 Å². The minimum atomic E-state index is -0.495. The fourth-order valence-electron chi connectivity index (χ4n) is 2.53. The molecule has 25 heavy (non-hydrogen) atoms. The first-order valence-electron chi connectivity index (χ1n) is 7.47. The SMILES string of the molecule is CCc1nc2nnc3c(=O)n(-c4ccc([N+](=O)[O-])cc4)ccc3n2n1. The van der Waals surface area contributed by atoms with Gasteiger partial charge in [0.15, 0.2) is 11.3 Å². The molecule has 0 unspecified atom stereocenters. The minimum Gasteiger partial charge on any atom is -0.282 e. The summed E-state index contributed by atoms with van der Waals surface area (Å²) in [5.74, 6) is 0.943. The molecule has 0 saturated heterocycles. The van der Waals surface area contributed by atoms with Crippen molar-refractivity contribution in [1.82, 2.24) is 29.4 Å². The van der Waals surface area contributed by atoms with E-state index >= 15 is 0 Å². The Balaban J connectivity index is 1.91. The fourth-order valence-corrected chi connectivity index (χ4v) is 2.53. The fraction of sp³-hybridized carbons (Fsp3) is 0.133. The maximum absolute atomic E-state index is 12.7. The van der Waals surface area contributed by atoms with Crippen LogP contribution in [0.2, 0.25) is 0 Å². The van der Waals surface area contributed by atoms with Crippen molar-refractivity contribution < 1.29 is 4.92 Å². The molecular weight excluding hydrogens is 326 g/mol. The first-order chi connectivity index (χ1) is 12.1. The van der Waals surface area contributed by atoms with Gasteiger partial charge in [0, 0.05) is 30.4 Å². The predicted octanol–water partition coefficient (Wildman–Crippen LogP) is 1.29. The van der Waals surface area contributed by atoms with E-state index in [2.05, 4.69) is 20.3 Å². The predicted molar refractivity (Wildman–Crippen MR) is 87.7 cm³/mol. The minimum absolute atomic E-state index is 0.0474. The van der Waals surface area contributed by atoms with Crippen LogP contribution < -0.4 is 5.56 Å². The lowest BCUT2D eigenvalue weighted by molar-refractivity contribution is -0.384. The summed E-state index contributed by atoms with van der Waals surface area (Å²) in [5.41, 5.74) is 0.691. The highest BCUT2D eigenvalue weighted by atomic mass is 16.6. The van der Waals surface area contributed by atoms with Crippen LogP contribution >= 0.6 is 0 Å².